The molecule has 9 heteroatoms. The second-order valence-electron chi connectivity index (χ2n) is 6.18. The Balaban J connectivity index is 1.54. The van der Waals surface area contributed by atoms with Gasteiger partial charge in [-0.1, -0.05) is 35.5 Å². The van der Waals surface area contributed by atoms with Crippen LogP contribution in [0.2, 0.25) is 5.02 Å². The van der Waals surface area contributed by atoms with Gasteiger partial charge in [0.05, 0.1) is 41.1 Å². The highest BCUT2D eigenvalue weighted by Crippen LogP contribution is 2.28. The zero-order chi connectivity index (χ0) is 20.2. The quantitative estimate of drug-likeness (QED) is 0.422. The van der Waals surface area contributed by atoms with E-state index >= 15 is 0 Å². The molecule has 0 spiro atoms. The Labute approximate surface area is 176 Å². The van der Waals surface area contributed by atoms with E-state index in [1.165, 1.54) is 11.8 Å². The van der Waals surface area contributed by atoms with E-state index in [2.05, 4.69) is 15.5 Å². The average Bonchev–Trinajstić information content (AvgIpc) is 3.44. The number of hydrogen-bond acceptors (Lipinski definition) is 6. The summed E-state index contributed by atoms with van der Waals surface area (Å²) in [7, 11) is 0. The number of carbonyl (C=O) groups is 1. The van der Waals surface area contributed by atoms with Crippen LogP contribution in [-0.2, 0) is 11.3 Å². The predicted octanol–water partition coefficient (Wildman–Crippen LogP) is 4.87. The molecular weight excluding hydrogens is 412 g/mol. The van der Waals surface area contributed by atoms with E-state index < -0.39 is 0 Å². The van der Waals surface area contributed by atoms with Gasteiger partial charge in [-0.3, -0.25) is 9.36 Å². The summed E-state index contributed by atoms with van der Waals surface area (Å²) in [6, 6.07) is 12.7. The second kappa shape index (κ2) is 8.59. The number of carbonyl (C=O) groups excluding carboxylic acids is 1. The number of rotatable bonds is 7. The molecule has 1 N–H and O–H groups in total. The first-order valence-corrected chi connectivity index (χ1v) is 10.2. The van der Waals surface area contributed by atoms with Gasteiger partial charge in [-0.05, 0) is 37.3 Å². The van der Waals surface area contributed by atoms with Gasteiger partial charge in [0.1, 0.15) is 11.5 Å². The highest BCUT2D eigenvalue weighted by atomic mass is 35.5. The number of nitrogens with one attached hydrogen (secondary N) is 1. The molecule has 0 aliphatic rings. The van der Waals surface area contributed by atoms with E-state index in [9.17, 15) is 4.79 Å². The van der Waals surface area contributed by atoms with Crippen LogP contribution in [0, 0.1) is 6.92 Å². The molecule has 0 aliphatic carbocycles. The van der Waals surface area contributed by atoms with Crippen molar-refractivity contribution >= 4 is 35.0 Å². The summed E-state index contributed by atoms with van der Waals surface area (Å²) in [5.74, 6) is 2.13. The van der Waals surface area contributed by atoms with Gasteiger partial charge >= 0.3 is 0 Å². The maximum atomic E-state index is 12.4. The fourth-order valence-corrected chi connectivity index (χ4v) is 3.71. The molecule has 0 fully saturated rings. The molecule has 0 saturated heterocycles. The van der Waals surface area contributed by atoms with E-state index in [1.54, 1.807) is 24.7 Å². The summed E-state index contributed by atoms with van der Waals surface area (Å²) < 4.78 is 12.8. The summed E-state index contributed by atoms with van der Waals surface area (Å²) in [5, 5.41) is 12.5. The summed E-state index contributed by atoms with van der Waals surface area (Å²) in [4.78, 5) is 12.4. The molecular formula is C20H17ClN4O3S. The lowest BCUT2D eigenvalue weighted by Crippen LogP contribution is -2.15. The van der Waals surface area contributed by atoms with Gasteiger partial charge in [-0.25, -0.2) is 0 Å². The summed E-state index contributed by atoms with van der Waals surface area (Å²) in [5.41, 5.74) is 1.42. The van der Waals surface area contributed by atoms with Gasteiger partial charge in [-0.15, -0.1) is 10.2 Å². The monoisotopic (exact) mass is 428 g/mol. The number of para-hydroxylation sites is 1. The molecule has 3 aromatic heterocycles. The minimum atomic E-state index is -0.184. The molecule has 0 radical (unpaired) electrons. The SMILES string of the molecule is Cc1occc1-c1nnc(SCC(=O)Nc2ccccc2Cl)n1Cc1ccco1. The lowest BCUT2D eigenvalue weighted by Gasteiger charge is -2.09. The first-order chi connectivity index (χ1) is 14.1. The topological polar surface area (TPSA) is 86.1 Å². The molecule has 1 aromatic carbocycles. The molecule has 1 amide bonds. The van der Waals surface area contributed by atoms with E-state index in [-0.39, 0.29) is 11.7 Å². The van der Waals surface area contributed by atoms with Crippen molar-refractivity contribution in [1.82, 2.24) is 14.8 Å². The van der Waals surface area contributed by atoms with E-state index in [0.29, 0.717) is 28.2 Å². The normalized spacial score (nSPS) is 11.0. The van der Waals surface area contributed by atoms with Crippen molar-refractivity contribution in [2.24, 2.45) is 0 Å². The minimum absolute atomic E-state index is 0.159. The third-order valence-corrected chi connectivity index (χ3v) is 5.49. The average molecular weight is 429 g/mol. The van der Waals surface area contributed by atoms with Gasteiger partial charge < -0.3 is 14.2 Å². The van der Waals surface area contributed by atoms with Crippen molar-refractivity contribution in [3.05, 3.63) is 71.5 Å². The van der Waals surface area contributed by atoms with Crippen LogP contribution in [0.3, 0.4) is 0 Å². The van der Waals surface area contributed by atoms with Crippen LogP contribution >= 0.6 is 23.4 Å². The first kappa shape index (κ1) is 19.4. The predicted molar refractivity (Wildman–Crippen MR) is 111 cm³/mol. The summed E-state index contributed by atoms with van der Waals surface area (Å²) in [6.45, 7) is 2.31. The summed E-state index contributed by atoms with van der Waals surface area (Å²) >= 11 is 7.39. The van der Waals surface area contributed by atoms with E-state index in [1.807, 2.05) is 41.8 Å². The van der Waals surface area contributed by atoms with Crippen LogP contribution in [0.4, 0.5) is 5.69 Å². The highest BCUT2D eigenvalue weighted by molar-refractivity contribution is 7.99. The molecule has 148 valence electrons. The Morgan fingerprint density at radius 2 is 2.00 bits per heavy atom. The maximum absolute atomic E-state index is 12.4. The lowest BCUT2D eigenvalue weighted by atomic mass is 10.2. The fourth-order valence-electron chi connectivity index (χ4n) is 2.79. The molecule has 0 unspecified atom stereocenters. The molecule has 0 atom stereocenters. The Morgan fingerprint density at radius 3 is 2.72 bits per heavy atom. The van der Waals surface area contributed by atoms with Crippen LogP contribution in [0.5, 0.6) is 0 Å². The third-order valence-electron chi connectivity index (χ3n) is 4.19. The van der Waals surface area contributed by atoms with Crippen molar-refractivity contribution < 1.29 is 13.6 Å². The molecule has 4 rings (SSSR count). The summed E-state index contributed by atoms with van der Waals surface area (Å²) in [6.07, 6.45) is 3.23. The molecule has 0 saturated carbocycles. The van der Waals surface area contributed by atoms with Gasteiger partial charge in [-0.2, -0.15) is 0 Å². The van der Waals surface area contributed by atoms with Crippen molar-refractivity contribution in [3.8, 4) is 11.4 Å². The van der Waals surface area contributed by atoms with Crippen molar-refractivity contribution in [3.63, 3.8) is 0 Å². The number of thioether (sulfide) groups is 1. The number of furan rings is 2. The largest absolute Gasteiger partial charge is 0.469 e. The number of amides is 1. The van der Waals surface area contributed by atoms with Crippen LogP contribution in [-0.4, -0.2) is 26.4 Å². The van der Waals surface area contributed by atoms with Gasteiger partial charge in [0, 0.05) is 0 Å². The number of halogens is 1. The number of hydrogen-bond donors (Lipinski definition) is 1. The van der Waals surface area contributed by atoms with Crippen molar-refractivity contribution in [2.45, 2.75) is 18.6 Å². The number of aryl methyl sites for hydroxylation is 1. The zero-order valence-electron chi connectivity index (χ0n) is 15.5. The number of nitrogens with zero attached hydrogens (tertiary/aromatic N) is 3. The Kier molecular flexibility index (Phi) is 5.73. The molecule has 7 nitrogen and oxygen atoms in total. The van der Waals surface area contributed by atoms with Crippen LogP contribution in [0.1, 0.15) is 11.5 Å². The van der Waals surface area contributed by atoms with Crippen LogP contribution < -0.4 is 5.32 Å². The molecule has 4 aromatic rings. The number of anilines is 1. The third kappa shape index (κ3) is 4.38. The first-order valence-electron chi connectivity index (χ1n) is 8.79. The van der Waals surface area contributed by atoms with E-state index in [4.69, 9.17) is 20.4 Å². The maximum Gasteiger partial charge on any atom is 0.234 e. The lowest BCUT2D eigenvalue weighted by molar-refractivity contribution is -0.113. The fraction of sp³-hybridized carbons (Fsp3) is 0.150. The molecule has 0 aliphatic heterocycles. The minimum Gasteiger partial charge on any atom is -0.469 e. The van der Waals surface area contributed by atoms with Crippen LogP contribution in [0.15, 0.2) is 69.0 Å². The van der Waals surface area contributed by atoms with Gasteiger partial charge in [0.15, 0.2) is 11.0 Å². The Bertz CT molecular complexity index is 1120. The van der Waals surface area contributed by atoms with Crippen LogP contribution in [0.25, 0.3) is 11.4 Å². The van der Waals surface area contributed by atoms with Gasteiger partial charge in [0.2, 0.25) is 5.91 Å². The Hall–Kier alpha value is -2.97. The molecule has 0 bridgehead atoms. The molecule has 29 heavy (non-hydrogen) atoms. The van der Waals surface area contributed by atoms with E-state index in [0.717, 1.165) is 17.1 Å². The second-order valence-corrected chi connectivity index (χ2v) is 7.53. The smallest absolute Gasteiger partial charge is 0.234 e. The standard InChI is InChI=1S/C20H17ClN4O3S/c1-13-15(8-10-27-13)19-23-24-20(25(19)11-14-5-4-9-28-14)29-12-18(26)22-17-7-3-2-6-16(17)21/h2-10H,11-12H2,1H3,(H,22,26). The van der Waals surface area contributed by atoms with Crippen molar-refractivity contribution in [1.29, 1.82) is 0 Å². The number of aromatic nitrogens is 3. The zero-order valence-corrected chi connectivity index (χ0v) is 17.0. The van der Waals surface area contributed by atoms with Crippen molar-refractivity contribution in [2.75, 3.05) is 11.1 Å². The number of benzene rings is 1. The Morgan fingerprint density at radius 1 is 1.14 bits per heavy atom. The van der Waals surface area contributed by atoms with Gasteiger partial charge in [0.25, 0.3) is 0 Å². The highest BCUT2D eigenvalue weighted by Gasteiger charge is 2.19. The molecule has 3 heterocycles.